The summed E-state index contributed by atoms with van der Waals surface area (Å²) in [7, 11) is -7.31. The molecule has 214 valence electrons. The number of hydrogen-bond donors (Lipinski definition) is 1. The quantitative estimate of drug-likeness (QED) is 0.406. The third-order valence-electron chi connectivity index (χ3n) is 6.64. The molecule has 0 radical (unpaired) electrons. The Balaban J connectivity index is 1.24. The van der Waals surface area contributed by atoms with Crippen LogP contribution in [0.1, 0.15) is 18.4 Å². The van der Waals surface area contributed by atoms with E-state index in [9.17, 15) is 21.6 Å². The molecule has 0 spiro atoms. The van der Waals surface area contributed by atoms with Crippen molar-refractivity contribution in [2.45, 2.75) is 23.5 Å². The van der Waals surface area contributed by atoms with Gasteiger partial charge in [0.15, 0.2) is 0 Å². The maximum absolute atomic E-state index is 13.0. The normalized spacial score (nSPS) is 19.5. The van der Waals surface area contributed by atoms with Crippen molar-refractivity contribution >= 4 is 49.2 Å². The zero-order chi connectivity index (χ0) is 28.0. The Morgan fingerprint density at radius 1 is 0.974 bits per heavy atom. The number of piperidine rings is 1. The van der Waals surface area contributed by atoms with Crippen LogP contribution in [0.4, 0.5) is 0 Å². The van der Waals surface area contributed by atoms with Crippen LogP contribution in [0.25, 0.3) is 0 Å². The van der Waals surface area contributed by atoms with Crippen LogP contribution in [0.2, 0.25) is 10.0 Å². The van der Waals surface area contributed by atoms with Crippen LogP contribution < -0.4 is 10.1 Å². The molecule has 0 saturated carbocycles. The van der Waals surface area contributed by atoms with Crippen LogP contribution in [0.5, 0.6) is 5.75 Å². The lowest BCUT2D eigenvalue weighted by molar-refractivity contribution is -0.126. The van der Waals surface area contributed by atoms with Gasteiger partial charge in [0.2, 0.25) is 26.0 Å². The molecule has 2 heterocycles. The number of benzene rings is 2. The predicted octanol–water partition coefficient (Wildman–Crippen LogP) is 2.75. The van der Waals surface area contributed by atoms with Crippen molar-refractivity contribution in [2.24, 2.45) is 5.92 Å². The molecule has 0 aromatic heterocycles. The lowest BCUT2D eigenvalue weighted by Gasteiger charge is -2.31. The molecular formula is C25H31Cl2N3O7S2. The first kappa shape index (κ1) is 30.0. The summed E-state index contributed by atoms with van der Waals surface area (Å²) in [6.07, 6.45) is 1.13. The highest BCUT2D eigenvalue weighted by molar-refractivity contribution is 7.89. The van der Waals surface area contributed by atoms with Crippen molar-refractivity contribution < 1.29 is 31.1 Å². The molecule has 14 heteroatoms. The van der Waals surface area contributed by atoms with Gasteiger partial charge in [0.1, 0.15) is 12.4 Å². The fourth-order valence-corrected chi connectivity index (χ4v) is 8.25. The van der Waals surface area contributed by atoms with E-state index < -0.39 is 26.0 Å². The van der Waals surface area contributed by atoms with Gasteiger partial charge in [0.25, 0.3) is 0 Å². The Labute approximate surface area is 239 Å². The highest BCUT2D eigenvalue weighted by atomic mass is 35.5. The lowest BCUT2D eigenvalue weighted by atomic mass is 9.99. The van der Waals surface area contributed by atoms with Gasteiger partial charge in [-0.15, -0.1) is 0 Å². The number of halogens is 2. The van der Waals surface area contributed by atoms with Gasteiger partial charge in [0.05, 0.1) is 36.3 Å². The number of sulfonamides is 2. The first-order chi connectivity index (χ1) is 18.6. The number of amides is 1. The van der Waals surface area contributed by atoms with Gasteiger partial charge in [-0.25, -0.2) is 21.1 Å². The molecule has 2 aromatic carbocycles. The van der Waals surface area contributed by atoms with Crippen molar-refractivity contribution in [2.75, 3.05) is 52.5 Å². The van der Waals surface area contributed by atoms with Crippen LogP contribution in [-0.2, 0) is 35.3 Å². The molecule has 39 heavy (non-hydrogen) atoms. The number of rotatable bonds is 10. The Morgan fingerprint density at radius 3 is 2.31 bits per heavy atom. The second-order valence-corrected chi connectivity index (χ2v) is 14.0. The summed E-state index contributed by atoms with van der Waals surface area (Å²) < 4.78 is 65.1. The summed E-state index contributed by atoms with van der Waals surface area (Å²) in [5, 5.41) is 3.37. The van der Waals surface area contributed by atoms with Crippen molar-refractivity contribution in [3.8, 4) is 5.75 Å². The first-order valence-electron chi connectivity index (χ1n) is 12.6. The average molecular weight is 621 g/mol. The topological polar surface area (TPSA) is 122 Å². The molecule has 0 aliphatic carbocycles. The molecule has 2 aliphatic rings. The highest BCUT2D eigenvalue weighted by Crippen LogP contribution is 2.29. The largest absolute Gasteiger partial charge is 0.492 e. The summed E-state index contributed by atoms with van der Waals surface area (Å²) in [4.78, 5) is 12.9. The second-order valence-electron chi connectivity index (χ2n) is 9.28. The van der Waals surface area contributed by atoms with Crippen LogP contribution in [-0.4, -0.2) is 83.9 Å². The number of nitrogens with zero attached hydrogens (tertiary/aromatic N) is 2. The highest BCUT2D eigenvalue weighted by Gasteiger charge is 2.33. The zero-order valence-corrected chi connectivity index (χ0v) is 24.4. The van der Waals surface area contributed by atoms with Crippen LogP contribution >= 0.6 is 23.2 Å². The second kappa shape index (κ2) is 13.2. The smallest absolute Gasteiger partial charge is 0.243 e. The minimum Gasteiger partial charge on any atom is -0.492 e. The summed E-state index contributed by atoms with van der Waals surface area (Å²) >= 11 is 12.3. The van der Waals surface area contributed by atoms with E-state index >= 15 is 0 Å². The summed E-state index contributed by atoms with van der Waals surface area (Å²) in [6, 6.07) is 11.0. The maximum atomic E-state index is 13.0. The van der Waals surface area contributed by atoms with Gasteiger partial charge in [-0.1, -0.05) is 29.3 Å². The van der Waals surface area contributed by atoms with Gasteiger partial charge in [-0.3, -0.25) is 4.79 Å². The molecular weight excluding hydrogens is 589 g/mol. The molecule has 4 rings (SSSR count). The monoisotopic (exact) mass is 619 g/mol. The molecule has 2 saturated heterocycles. The molecule has 2 aromatic rings. The maximum Gasteiger partial charge on any atom is 0.243 e. The third kappa shape index (κ3) is 7.63. The Hall–Kier alpha value is -1.93. The minimum absolute atomic E-state index is 0.0795. The minimum atomic E-state index is -3.72. The molecule has 1 atom stereocenters. The van der Waals surface area contributed by atoms with Crippen LogP contribution in [0.15, 0.2) is 47.4 Å². The third-order valence-corrected chi connectivity index (χ3v) is 11.0. The fourth-order valence-electron chi connectivity index (χ4n) is 4.48. The van der Waals surface area contributed by atoms with Crippen molar-refractivity contribution in [3.63, 3.8) is 0 Å². The SMILES string of the molecule is O=C(NCCOc1ccc(S(=O)(=O)N2CCOCC2)cc1)[C@H]1CCCN(S(=O)(=O)Cc2c(Cl)cccc2Cl)C1. The molecule has 2 aliphatic heterocycles. The van der Waals surface area contributed by atoms with E-state index in [4.69, 9.17) is 32.7 Å². The van der Waals surface area contributed by atoms with Gasteiger partial charge in [0, 0.05) is 41.8 Å². The first-order valence-corrected chi connectivity index (χ1v) is 16.4. The molecule has 10 nitrogen and oxygen atoms in total. The van der Waals surface area contributed by atoms with Gasteiger partial charge < -0.3 is 14.8 Å². The van der Waals surface area contributed by atoms with E-state index in [1.807, 2.05) is 0 Å². The standard InChI is InChI=1S/C25H31Cl2N3O7S2/c26-23-4-1-5-24(27)22(23)18-38(32,33)30-11-2-3-19(17-30)25(31)28-10-14-37-20-6-8-21(9-7-20)39(34,35)29-12-15-36-16-13-29/h1,4-9,19H,2-3,10-18H2,(H,28,31)/t19-/m0/s1. The summed E-state index contributed by atoms with van der Waals surface area (Å²) in [5.74, 6) is -0.597. The predicted molar refractivity (Wildman–Crippen MR) is 148 cm³/mol. The Morgan fingerprint density at radius 2 is 1.64 bits per heavy atom. The number of nitrogens with one attached hydrogen (secondary N) is 1. The number of morpholine rings is 1. The van der Waals surface area contributed by atoms with Crippen molar-refractivity contribution in [3.05, 3.63) is 58.1 Å². The van der Waals surface area contributed by atoms with E-state index in [0.717, 1.165) is 0 Å². The molecule has 1 N–H and O–H groups in total. The molecule has 0 bridgehead atoms. The Bertz CT molecular complexity index is 1350. The van der Waals surface area contributed by atoms with Gasteiger partial charge in [-0.2, -0.15) is 4.31 Å². The number of carbonyl (C=O) groups excluding carboxylic acids is 1. The summed E-state index contributed by atoms with van der Waals surface area (Å²) in [6.45, 7) is 2.18. The van der Waals surface area contributed by atoms with E-state index in [0.29, 0.717) is 57.0 Å². The number of carbonyl (C=O) groups is 1. The van der Waals surface area contributed by atoms with E-state index in [1.165, 1.54) is 20.7 Å². The lowest BCUT2D eigenvalue weighted by Crippen LogP contribution is -2.46. The number of ether oxygens (including phenoxy) is 2. The van der Waals surface area contributed by atoms with Crippen molar-refractivity contribution in [1.82, 2.24) is 13.9 Å². The average Bonchev–Trinajstić information content (AvgIpc) is 2.94. The summed E-state index contributed by atoms with van der Waals surface area (Å²) in [5.41, 5.74) is 0.344. The molecule has 2 fully saturated rings. The van der Waals surface area contributed by atoms with Crippen LogP contribution in [0.3, 0.4) is 0 Å². The Kier molecular flexibility index (Phi) is 10.1. The van der Waals surface area contributed by atoms with E-state index in [1.54, 1.807) is 30.3 Å². The number of hydrogen-bond acceptors (Lipinski definition) is 7. The molecule has 1 amide bonds. The van der Waals surface area contributed by atoms with Crippen LogP contribution in [0, 0.1) is 5.92 Å². The van der Waals surface area contributed by atoms with Gasteiger partial charge in [-0.05, 0) is 49.2 Å². The molecule has 0 unspecified atom stereocenters. The fraction of sp³-hybridized carbons (Fsp3) is 0.480. The zero-order valence-electron chi connectivity index (χ0n) is 21.2. The van der Waals surface area contributed by atoms with Crippen molar-refractivity contribution in [1.29, 1.82) is 0 Å². The van der Waals surface area contributed by atoms with E-state index in [-0.39, 0.29) is 46.3 Å². The van der Waals surface area contributed by atoms with E-state index in [2.05, 4.69) is 5.32 Å². The van der Waals surface area contributed by atoms with Gasteiger partial charge >= 0.3 is 0 Å².